The molecule has 0 atom stereocenters. The molecule has 2 aromatic heterocycles. The van der Waals surface area contributed by atoms with Gasteiger partial charge in [0.1, 0.15) is 5.75 Å². The van der Waals surface area contributed by atoms with Crippen LogP contribution < -0.4 is 10.5 Å². The second kappa shape index (κ2) is 4.97. The van der Waals surface area contributed by atoms with Gasteiger partial charge in [-0.25, -0.2) is 0 Å². The van der Waals surface area contributed by atoms with Gasteiger partial charge in [0.15, 0.2) is 5.75 Å². The summed E-state index contributed by atoms with van der Waals surface area (Å²) < 4.78 is 7.57. The second-order valence-electron chi connectivity index (χ2n) is 3.77. The van der Waals surface area contributed by atoms with Gasteiger partial charge in [-0.2, -0.15) is 5.10 Å². The molecule has 0 fully saturated rings. The molecular weight excluding hydrogens is 216 g/mol. The van der Waals surface area contributed by atoms with E-state index in [0.29, 0.717) is 12.3 Å². The van der Waals surface area contributed by atoms with Crippen LogP contribution in [-0.2, 0) is 13.1 Å². The van der Waals surface area contributed by atoms with E-state index in [4.69, 9.17) is 10.5 Å². The number of nitrogens with two attached hydrogens (primary N) is 1. The first-order valence-electron chi connectivity index (χ1n) is 5.58. The van der Waals surface area contributed by atoms with Crippen LogP contribution in [0.1, 0.15) is 18.2 Å². The van der Waals surface area contributed by atoms with Crippen LogP contribution in [0.2, 0.25) is 0 Å². The molecule has 5 heteroatoms. The maximum atomic E-state index is 5.76. The topological polar surface area (TPSA) is 66.0 Å². The van der Waals surface area contributed by atoms with E-state index in [0.717, 1.165) is 23.6 Å². The van der Waals surface area contributed by atoms with E-state index in [1.54, 1.807) is 12.4 Å². The number of aryl methyl sites for hydroxylation is 2. The third-order valence-corrected chi connectivity index (χ3v) is 2.46. The first-order chi connectivity index (χ1) is 8.22. The number of rotatable bonds is 4. The summed E-state index contributed by atoms with van der Waals surface area (Å²) in [5.74, 6) is 1.46. The van der Waals surface area contributed by atoms with Crippen molar-refractivity contribution < 1.29 is 4.74 Å². The lowest BCUT2D eigenvalue weighted by atomic mass is 10.2. The van der Waals surface area contributed by atoms with Gasteiger partial charge in [0.05, 0.1) is 12.4 Å². The molecule has 0 saturated heterocycles. The summed E-state index contributed by atoms with van der Waals surface area (Å²) in [4.78, 5) is 4.19. The lowest BCUT2D eigenvalue weighted by Crippen LogP contribution is -2.01. The molecule has 2 heterocycles. The Morgan fingerprint density at radius 3 is 2.88 bits per heavy atom. The SMILES string of the molecule is CCn1cc(Oc2cc(C)ncc2CN)cn1. The highest BCUT2D eigenvalue weighted by Crippen LogP contribution is 2.24. The third-order valence-electron chi connectivity index (χ3n) is 2.46. The Kier molecular flexibility index (Phi) is 3.39. The smallest absolute Gasteiger partial charge is 0.165 e. The van der Waals surface area contributed by atoms with Crippen LogP contribution in [0.15, 0.2) is 24.7 Å². The number of nitrogens with zero attached hydrogens (tertiary/aromatic N) is 3. The zero-order chi connectivity index (χ0) is 12.3. The van der Waals surface area contributed by atoms with Gasteiger partial charge in [-0.1, -0.05) is 0 Å². The van der Waals surface area contributed by atoms with Crippen molar-refractivity contribution >= 4 is 0 Å². The molecule has 17 heavy (non-hydrogen) atoms. The van der Waals surface area contributed by atoms with E-state index in [1.807, 2.05) is 30.8 Å². The Labute approximate surface area is 100 Å². The monoisotopic (exact) mass is 232 g/mol. The number of hydrogen-bond donors (Lipinski definition) is 1. The van der Waals surface area contributed by atoms with E-state index in [9.17, 15) is 0 Å². The molecule has 0 aliphatic carbocycles. The Balaban J connectivity index is 2.25. The first-order valence-corrected chi connectivity index (χ1v) is 5.58. The lowest BCUT2D eigenvalue weighted by molar-refractivity contribution is 0.473. The van der Waals surface area contributed by atoms with Crippen LogP contribution in [0.4, 0.5) is 0 Å². The van der Waals surface area contributed by atoms with Gasteiger partial charge < -0.3 is 10.5 Å². The molecule has 0 aromatic carbocycles. The minimum Gasteiger partial charge on any atom is -0.454 e. The fourth-order valence-electron chi connectivity index (χ4n) is 1.51. The van der Waals surface area contributed by atoms with Gasteiger partial charge in [-0.15, -0.1) is 0 Å². The van der Waals surface area contributed by atoms with Crippen LogP contribution in [0.25, 0.3) is 0 Å². The fourth-order valence-corrected chi connectivity index (χ4v) is 1.51. The van der Waals surface area contributed by atoms with E-state index in [-0.39, 0.29) is 0 Å². The van der Waals surface area contributed by atoms with Crippen LogP contribution in [0.5, 0.6) is 11.5 Å². The van der Waals surface area contributed by atoms with E-state index in [2.05, 4.69) is 10.1 Å². The zero-order valence-corrected chi connectivity index (χ0v) is 10.1. The van der Waals surface area contributed by atoms with Gasteiger partial charge in [-0.05, 0) is 13.8 Å². The molecule has 0 unspecified atom stereocenters. The number of ether oxygens (including phenoxy) is 1. The van der Waals surface area contributed by atoms with Crippen LogP contribution in [0.3, 0.4) is 0 Å². The molecule has 90 valence electrons. The Hall–Kier alpha value is -1.88. The summed E-state index contributed by atoms with van der Waals surface area (Å²) in [6.07, 6.45) is 5.30. The highest BCUT2D eigenvalue weighted by atomic mass is 16.5. The lowest BCUT2D eigenvalue weighted by Gasteiger charge is -2.08. The third kappa shape index (κ3) is 2.62. The average molecular weight is 232 g/mol. The van der Waals surface area contributed by atoms with E-state index < -0.39 is 0 Å². The normalized spacial score (nSPS) is 10.5. The minimum atomic E-state index is 0.407. The molecule has 0 aliphatic rings. The molecule has 0 spiro atoms. The van der Waals surface area contributed by atoms with Gasteiger partial charge in [0.25, 0.3) is 0 Å². The summed E-state index contributed by atoms with van der Waals surface area (Å²) in [5.41, 5.74) is 7.44. The predicted molar refractivity (Wildman–Crippen MR) is 64.8 cm³/mol. The van der Waals surface area contributed by atoms with Gasteiger partial charge in [0, 0.05) is 36.6 Å². The second-order valence-corrected chi connectivity index (χ2v) is 3.77. The predicted octanol–water partition coefficient (Wildman–Crippen LogP) is 1.86. The Morgan fingerprint density at radius 1 is 1.41 bits per heavy atom. The highest BCUT2D eigenvalue weighted by molar-refractivity contribution is 5.36. The van der Waals surface area contributed by atoms with E-state index >= 15 is 0 Å². The molecule has 0 bridgehead atoms. The summed E-state index contributed by atoms with van der Waals surface area (Å²) in [7, 11) is 0. The van der Waals surface area contributed by atoms with Crippen molar-refractivity contribution in [3.05, 3.63) is 35.9 Å². The van der Waals surface area contributed by atoms with Crippen molar-refractivity contribution in [2.24, 2.45) is 5.73 Å². The molecular formula is C12H16N4O. The molecule has 0 radical (unpaired) electrons. The molecule has 2 aromatic rings. The maximum absolute atomic E-state index is 5.76. The van der Waals surface area contributed by atoms with Crippen LogP contribution >= 0.6 is 0 Å². The summed E-state index contributed by atoms with van der Waals surface area (Å²) in [5, 5.41) is 4.15. The molecule has 2 rings (SSSR count). The Morgan fingerprint density at radius 2 is 2.24 bits per heavy atom. The van der Waals surface area contributed by atoms with Crippen molar-refractivity contribution in [2.45, 2.75) is 26.9 Å². The fraction of sp³-hybridized carbons (Fsp3) is 0.333. The minimum absolute atomic E-state index is 0.407. The van der Waals surface area contributed by atoms with Crippen molar-refractivity contribution in [3.8, 4) is 11.5 Å². The maximum Gasteiger partial charge on any atom is 0.165 e. The average Bonchev–Trinajstić information content (AvgIpc) is 2.77. The number of hydrogen-bond acceptors (Lipinski definition) is 4. The molecule has 0 amide bonds. The first kappa shape index (κ1) is 11.6. The number of pyridine rings is 1. The van der Waals surface area contributed by atoms with Gasteiger partial charge in [0.2, 0.25) is 0 Å². The summed E-state index contributed by atoms with van der Waals surface area (Å²) in [6.45, 7) is 5.17. The summed E-state index contributed by atoms with van der Waals surface area (Å²) >= 11 is 0. The van der Waals surface area contributed by atoms with Gasteiger partial charge in [-0.3, -0.25) is 9.67 Å². The van der Waals surface area contributed by atoms with Crippen molar-refractivity contribution in [1.29, 1.82) is 0 Å². The van der Waals surface area contributed by atoms with E-state index in [1.165, 1.54) is 0 Å². The van der Waals surface area contributed by atoms with Crippen molar-refractivity contribution in [1.82, 2.24) is 14.8 Å². The largest absolute Gasteiger partial charge is 0.454 e. The Bertz CT molecular complexity index is 507. The van der Waals surface area contributed by atoms with Crippen molar-refractivity contribution in [3.63, 3.8) is 0 Å². The quantitative estimate of drug-likeness (QED) is 0.873. The highest BCUT2D eigenvalue weighted by Gasteiger charge is 2.06. The van der Waals surface area contributed by atoms with Crippen LogP contribution in [-0.4, -0.2) is 14.8 Å². The molecule has 2 N–H and O–H groups in total. The molecule has 0 saturated carbocycles. The molecule has 0 aliphatic heterocycles. The standard InChI is InChI=1S/C12H16N4O/c1-3-16-8-11(7-15-16)17-12-4-9(2)14-6-10(12)5-13/h4,6-8H,3,5,13H2,1-2H3. The van der Waals surface area contributed by atoms with Crippen molar-refractivity contribution in [2.75, 3.05) is 0 Å². The summed E-state index contributed by atoms with van der Waals surface area (Å²) in [6, 6.07) is 1.88. The van der Waals surface area contributed by atoms with Crippen LogP contribution in [0, 0.1) is 6.92 Å². The zero-order valence-electron chi connectivity index (χ0n) is 10.1. The number of aromatic nitrogens is 3. The molecule has 5 nitrogen and oxygen atoms in total. The van der Waals surface area contributed by atoms with Gasteiger partial charge >= 0.3 is 0 Å².